The van der Waals surface area contributed by atoms with Gasteiger partial charge in [-0.05, 0) is 98.5 Å². The Hall–Kier alpha value is -2.36. The predicted octanol–water partition coefficient (Wildman–Crippen LogP) is 8.49. The summed E-state index contributed by atoms with van der Waals surface area (Å²) in [6.45, 7) is 4.35. The number of allylic oxidation sites excluding steroid dienone is 1. The molecule has 2 nitrogen and oxygen atoms in total. The third kappa shape index (κ3) is 6.00. The van der Waals surface area contributed by atoms with Gasteiger partial charge in [-0.15, -0.1) is 0 Å². The van der Waals surface area contributed by atoms with Crippen molar-refractivity contribution in [3.63, 3.8) is 0 Å². The topological polar surface area (TPSA) is 18.5 Å². The average molecular weight is 469 g/mol. The standard InChI is InChI=1S/C30H38F2O2/c1-3-5-21-6-11-23(12-7-21)26-17-18-27(34-20-26)24-13-8-22(9-14-24)10-15-25-16-19-28(33-4-2)30(32)29(25)31/h8-9,13-14,16,19-21,23,27H,3-7,10-12,15,17-18H2,1-2H3. The van der Waals surface area contributed by atoms with Crippen molar-refractivity contribution in [2.24, 2.45) is 11.8 Å². The molecule has 1 atom stereocenters. The van der Waals surface area contributed by atoms with Crippen molar-refractivity contribution in [3.05, 3.63) is 76.6 Å². The maximum atomic E-state index is 14.3. The van der Waals surface area contributed by atoms with Crippen LogP contribution in [0, 0.1) is 23.5 Å². The van der Waals surface area contributed by atoms with E-state index in [9.17, 15) is 8.78 Å². The Kier molecular flexibility index (Phi) is 8.64. The molecule has 0 spiro atoms. The van der Waals surface area contributed by atoms with Crippen LogP contribution in [-0.2, 0) is 17.6 Å². The zero-order chi connectivity index (χ0) is 23.9. The van der Waals surface area contributed by atoms with Crippen LogP contribution in [0.1, 0.15) is 88.0 Å². The van der Waals surface area contributed by atoms with Crippen LogP contribution in [0.2, 0.25) is 0 Å². The van der Waals surface area contributed by atoms with Gasteiger partial charge in [0.25, 0.3) is 0 Å². The molecule has 1 aliphatic heterocycles. The highest BCUT2D eigenvalue weighted by Crippen LogP contribution is 2.40. The van der Waals surface area contributed by atoms with Crippen molar-refractivity contribution in [2.45, 2.75) is 84.2 Å². The number of hydrogen-bond acceptors (Lipinski definition) is 2. The van der Waals surface area contributed by atoms with E-state index in [-0.39, 0.29) is 11.9 Å². The first-order valence-corrected chi connectivity index (χ1v) is 13.1. The van der Waals surface area contributed by atoms with Gasteiger partial charge in [-0.1, -0.05) is 50.1 Å². The molecule has 184 valence electrons. The van der Waals surface area contributed by atoms with Crippen LogP contribution in [0.3, 0.4) is 0 Å². The van der Waals surface area contributed by atoms with Gasteiger partial charge >= 0.3 is 0 Å². The molecule has 1 fully saturated rings. The number of benzene rings is 2. The van der Waals surface area contributed by atoms with Crippen LogP contribution in [0.4, 0.5) is 8.78 Å². The summed E-state index contributed by atoms with van der Waals surface area (Å²) >= 11 is 0. The molecule has 0 saturated heterocycles. The summed E-state index contributed by atoms with van der Waals surface area (Å²) in [6, 6.07) is 11.5. The Bertz CT molecular complexity index is 959. The second kappa shape index (κ2) is 11.9. The Morgan fingerprint density at radius 1 is 0.882 bits per heavy atom. The SMILES string of the molecule is CCCC1CCC(C2=COC(c3ccc(CCc4ccc(OCC)c(F)c4F)cc3)CC2)CC1. The summed E-state index contributed by atoms with van der Waals surface area (Å²) in [5.41, 5.74) is 4.17. The van der Waals surface area contributed by atoms with Crippen LogP contribution >= 0.6 is 0 Å². The number of aryl methyl sites for hydroxylation is 2. The van der Waals surface area contributed by atoms with E-state index < -0.39 is 11.6 Å². The van der Waals surface area contributed by atoms with E-state index in [0.29, 0.717) is 30.9 Å². The van der Waals surface area contributed by atoms with Gasteiger partial charge in [0, 0.05) is 0 Å². The zero-order valence-electron chi connectivity index (χ0n) is 20.6. The minimum absolute atomic E-state index is 0.0260. The Balaban J connectivity index is 1.29. The molecule has 0 radical (unpaired) electrons. The molecule has 2 aromatic rings. The Morgan fingerprint density at radius 3 is 2.29 bits per heavy atom. The molecule has 1 heterocycles. The molecule has 0 N–H and O–H groups in total. The highest BCUT2D eigenvalue weighted by molar-refractivity contribution is 5.32. The van der Waals surface area contributed by atoms with Crippen LogP contribution in [0.15, 0.2) is 48.2 Å². The van der Waals surface area contributed by atoms with E-state index in [1.165, 1.54) is 55.7 Å². The van der Waals surface area contributed by atoms with Gasteiger partial charge in [0.1, 0.15) is 6.10 Å². The van der Waals surface area contributed by atoms with Gasteiger partial charge in [0.05, 0.1) is 12.9 Å². The second-order valence-corrected chi connectivity index (χ2v) is 9.89. The fourth-order valence-corrected chi connectivity index (χ4v) is 5.58. The lowest BCUT2D eigenvalue weighted by Gasteiger charge is -2.33. The van der Waals surface area contributed by atoms with Gasteiger partial charge in [-0.25, -0.2) is 4.39 Å². The first-order chi connectivity index (χ1) is 16.6. The smallest absolute Gasteiger partial charge is 0.200 e. The first kappa shape index (κ1) is 24.8. The zero-order valence-corrected chi connectivity index (χ0v) is 20.6. The van der Waals surface area contributed by atoms with Gasteiger partial charge in [-0.3, -0.25) is 0 Å². The molecule has 0 bridgehead atoms. The van der Waals surface area contributed by atoms with Crippen LogP contribution in [0.5, 0.6) is 5.75 Å². The molecule has 2 aromatic carbocycles. The van der Waals surface area contributed by atoms with Crippen molar-refractivity contribution in [2.75, 3.05) is 6.61 Å². The lowest BCUT2D eigenvalue weighted by molar-refractivity contribution is 0.113. The monoisotopic (exact) mass is 468 g/mol. The van der Waals surface area contributed by atoms with E-state index in [1.54, 1.807) is 13.0 Å². The third-order valence-electron chi connectivity index (χ3n) is 7.61. The highest BCUT2D eigenvalue weighted by Gasteiger charge is 2.27. The van der Waals surface area contributed by atoms with Gasteiger partial charge in [0.2, 0.25) is 5.82 Å². The van der Waals surface area contributed by atoms with Gasteiger partial charge in [0.15, 0.2) is 11.6 Å². The number of rotatable bonds is 9. The van der Waals surface area contributed by atoms with Crippen molar-refractivity contribution in [1.82, 2.24) is 0 Å². The lowest BCUT2D eigenvalue weighted by Crippen LogP contribution is -2.19. The molecule has 1 aliphatic carbocycles. The molecule has 1 saturated carbocycles. The van der Waals surface area contributed by atoms with Crippen LogP contribution in [-0.4, -0.2) is 6.61 Å². The van der Waals surface area contributed by atoms with Gasteiger partial charge in [-0.2, -0.15) is 4.39 Å². The fourth-order valence-electron chi connectivity index (χ4n) is 5.58. The maximum absolute atomic E-state index is 14.3. The first-order valence-electron chi connectivity index (χ1n) is 13.1. The Morgan fingerprint density at radius 2 is 1.65 bits per heavy atom. The van der Waals surface area contributed by atoms with E-state index in [1.807, 2.05) is 0 Å². The van der Waals surface area contributed by atoms with Crippen molar-refractivity contribution >= 4 is 0 Å². The van der Waals surface area contributed by atoms with Crippen molar-refractivity contribution in [3.8, 4) is 5.75 Å². The molecule has 4 rings (SSSR count). The molecular formula is C30H38F2O2. The fraction of sp³-hybridized carbons (Fsp3) is 0.533. The second-order valence-electron chi connectivity index (χ2n) is 9.89. The number of hydrogen-bond donors (Lipinski definition) is 0. The van der Waals surface area contributed by atoms with Crippen molar-refractivity contribution < 1.29 is 18.3 Å². The van der Waals surface area contributed by atoms with E-state index in [0.717, 1.165) is 24.3 Å². The van der Waals surface area contributed by atoms with Crippen LogP contribution in [0.25, 0.3) is 0 Å². The molecule has 34 heavy (non-hydrogen) atoms. The summed E-state index contributed by atoms with van der Waals surface area (Å²) in [5.74, 6) is -0.0843. The van der Waals surface area contributed by atoms with Crippen LogP contribution < -0.4 is 4.74 Å². The minimum Gasteiger partial charge on any atom is -0.493 e. The normalized spacial score (nSPS) is 22.7. The molecule has 4 heteroatoms. The largest absolute Gasteiger partial charge is 0.493 e. The van der Waals surface area contributed by atoms with Crippen molar-refractivity contribution in [1.29, 1.82) is 0 Å². The Labute approximate surface area is 203 Å². The summed E-state index contributed by atoms with van der Waals surface area (Å²) in [6.07, 6.45) is 13.5. The molecule has 0 amide bonds. The average Bonchev–Trinajstić information content (AvgIpc) is 2.88. The summed E-state index contributed by atoms with van der Waals surface area (Å²) < 4.78 is 39.7. The summed E-state index contributed by atoms with van der Waals surface area (Å²) in [7, 11) is 0. The van der Waals surface area contributed by atoms with E-state index in [4.69, 9.17) is 9.47 Å². The molecule has 2 aliphatic rings. The van der Waals surface area contributed by atoms with Gasteiger partial charge < -0.3 is 9.47 Å². The van der Waals surface area contributed by atoms with E-state index in [2.05, 4.69) is 37.5 Å². The molecule has 0 aromatic heterocycles. The molecule has 1 unspecified atom stereocenters. The summed E-state index contributed by atoms with van der Waals surface area (Å²) in [5, 5.41) is 0. The predicted molar refractivity (Wildman–Crippen MR) is 133 cm³/mol. The highest BCUT2D eigenvalue weighted by atomic mass is 19.2. The lowest BCUT2D eigenvalue weighted by atomic mass is 9.76. The van der Waals surface area contributed by atoms with E-state index >= 15 is 0 Å². The molecular weight excluding hydrogens is 430 g/mol. The minimum atomic E-state index is -0.898. The quantitative estimate of drug-likeness (QED) is 0.367. The number of halogens is 2. The number of ether oxygens (including phenoxy) is 2. The maximum Gasteiger partial charge on any atom is 0.200 e. The summed E-state index contributed by atoms with van der Waals surface area (Å²) in [4.78, 5) is 0. The third-order valence-corrected chi connectivity index (χ3v) is 7.61.